The number of nitrogens with zero attached hydrogens (tertiary/aromatic N) is 1. The largest absolute Gasteiger partial charge is 0.465 e. The molecule has 2 aliphatic heterocycles. The summed E-state index contributed by atoms with van der Waals surface area (Å²) in [5, 5.41) is 0. The molecule has 0 unspecified atom stereocenters. The van der Waals surface area contributed by atoms with E-state index < -0.39 is 5.97 Å². The Morgan fingerprint density at radius 2 is 1.90 bits per heavy atom. The topological polar surface area (TPSA) is 65.1 Å². The molecule has 0 bridgehead atoms. The van der Waals surface area contributed by atoms with Gasteiger partial charge in [-0.15, -0.1) is 0 Å². The Labute approximate surface area is 169 Å². The van der Waals surface area contributed by atoms with E-state index >= 15 is 0 Å². The third-order valence-corrected chi connectivity index (χ3v) is 5.08. The van der Waals surface area contributed by atoms with Gasteiger partial charge in [-0.3, -0.25) is 4.79 Å². The number of fused-ring (bicyclic) bond motifs is 1. The van der Waals surface area contributed by atoms with Gasteiger partial charge in [0.1, 0.15) is 0 Å². The molecule has 2 heterocycles. The highest BCUT2D eigenvalue weighted by molar-refractivity contribution is 6.16. The maximum Gasteiger partial charge on any atom is 0.340 e. The van der Waals surface area contributed by atoms with Crippen molar-refractivity contribution in [3.63, 3.8) is 0 Å². The number of allylic oxidation sites excluding steroid dienone is 1. The number of methoxy groups -OCH3 is 1. The summed E-state index contributed by atoms with van der Waals surface area (Å²) < 4.78 is 15.7. The smallest absolute Gasteiger partial charge is 0.340 e. The third-order valence-electron chi connectivity index (χ3n) is 5.08. The Kier molecular flexibility index (Phi) is 5.08. The van der Waals surface area contributed by atoms with E-state index in [2.05, 4.69) is 0 Å². The van der Waals surface area contributed by atoms with E-state index in [9.17, 15) is 9.59 Å². The van der Waals surface area contributed by atoms with Gasteiger partial charge in [-0.25, -0.2) is 4.79 Å². The number of carbonyl (C=O) groups is 2. The minimum absolute atomic E-state index is 0.175. The van der Waals surface area contributed by atoms with Crippen molar-refractivity contribution in [3.05, 3.63) is 76.5 Å². The number of hydrogen-bond acceptors (Lipinski definition) is 5. The van der Waals surface area contributed by atoms with Gasteiger partial charge >= 0.3 is 5.97 Å². The molecule has 0 aromatic heterocycles. The molecule has 0 atom stereocenters. The van der Waals surface area contributed by atoms with Gasteiger partial charge in [-0.05, 0) is 42.7 Å². The van der Waals surface area contributed by atoms with Gasteiger partial charge in [0.25, 0.3) is 5.91 Å². The first-order valence-corrected chi connectivity index (χ1v) is 9.35. The van der Waals surface area contributed by atoms with Crippen molar-refractivity contribution in [2.45, 2.75) is 13.3 Å². The van der Waals surface area contributed by atoms with Crippen LogP contribution in [0.1, 0.15) is 18.1 Å². The van der Waals surface area contributed by atoms with Crippen molar-refractivity contribution in [1.29, 1.82) is 0 Å². The molecule has 0 radical (unpaired) electrons. The predicted molar refractivity (Wildman–Crippen MR) is 107 cm³/mol. The molecule has 0 saturated heterocycles. The SMILES string of the molecule is COC(=O)C1=C(C)N(CCc2ccccc2)C(=O)/C1=C\c1ccc2c(c1)OCO2. The minimum Gasteiger partial charge on any atom is -0.465 e. The second-order valence-corrected chi connectivity index (χ2v) is 6.82. The predicted octanol–water partition coefficient (Wildman–Crippen LogP) is 3.33. The monoisotopic (exact) mass is 391 g/mol. The number of benzene rings is 2. The molecular weight excluding hydrogens is 370 g/mol. The van der Waals surface area contributed by atoms with Crippen LogP contribution in [0.25, 0.3) is 6.08 Å². The normalized spacial score (nSPS) is 16.7. The number of carbonyl (C=O) groups excluding carboxylic acids is 2. The molecule has 0 saturated carbocycles. The fourth-order valence-corrected chi connectivity index (χ4v) is 3.55. The average Bonchev–Trinajstić information content (AvgIpc) is 3.29. The van der Waals surface area contributed by atoms with E-state index in [4.69, 9.17) is 14.2 Å². The van der Waals surface area contributed by atoms with Crippen LogP contribution in [0, 0.1) is 0 Å². The van der Waals surface area contributed by atoms with E-state index in [1.54, 1.807) is 30.0 Å². The molecule has 148 valence electrons. The van der Waals surface area contributed by atoms with Gasteiger partial charge in [0.05, 0.1) is 18.3 Å². The van der Waals surface area contributed by atoms with Crippen molar-refractivity contribution < 1.29 is 23.8 Å². The Bertz CT molecular complexity index is 1020. The zero-order valence-electron chi connectivity index (χ0n) is 16.3. The van der Waals surface area contributed by atoms with Crippen molar-refractivity contribution in [3.8, 4) is 11.5 Å². The van der Waals surface area contributed by atoms with E-state index in [0.29, 0.717) is 41.3 Å². The lowest BCUT2D eigenvalue weighted by atomic mass is 10.0. The molecule has 2 aliphatic rings. The van der Waals surface area contributed by atoms with Crippen LogP contribution in [0.5, 0.6) is 11.5 Å². The van der Waals surface area contributed by atoms with Crippen LogP contribution in [0.3, 0.4) is 0 Å². The maximum absolute atomic E-state index is 13.2. The molecule has 4 rings (SSSR count). The molecule has 6 heteroatoms. The van der Waals surface area contributed by atoms with Crippen molar-refractivity contribution in [2.24, 2.45) is 0 Å². The van der Waals surface area contributed by atoms with Gasteiger partial charge in [0, 0.05) is 12.2 Å². The zero-order chi connectivity index (χ0) is 20.4. The standard InChI is InChI=1S/C23H21NO5/c1-15-21(23(26)27-2)18(12-17-8-9-19-20(13-17)29-14-28-19)22(25)24(15)11-10-16-6-4-3-5-7-16/h3-9,12-13H,10-11,14H2,1-2H3/b18-12-. The lowest BCUT2D eigenvalue weighted by molar-refractivity contribution is -0.136. The average molecular weight is 391 g/mol. The Balaban J connectivity index is 1.65. The lowest BCUT2D eigenvalue weighted by Gasteiger charge is -2.17. The molecule has 0 N–H and O–H groups in total. The van der Waals surface area contributed by atoms with E-state index in [0.717, 1.165) is 11.1 Å². The molecule has 29 heavy (non-hydrogen) atoms. The highest BCUT2D eigenvalue weighted by Gasteiger charge is 2.36. The zero-order valence-corrected chi connectivity index (χ0v) is 16.3. The number of hydrogen-bond donors (Lipinski definition) is 0. The Morgan fingerprint density at radius 3 is 2.66 bits per heavy atom. The Morgan fingerprint density at radius 1 is 1.14 bits per heavy atom. The minimum atomic E-state index is -0.523. The van der Waals surface area contributed by atoms with Crippen LogP contribution in [0.15, 0.2) is 65.4 Å². The first kappa shape index (κ1) is 18.8. The fourth-order valence-electron chi connectivity index (χ4n) is 3.55. The molecule has 0 fully saturated rings. The van der Waals surface area contributed by atoms with Crippen molar-refractivity contribution in [1.82, 2.24) is 4.90 Å². The molecule has 0 spiro atoms. The molecule has 6 nitrogen and oxygen atoms in total. The van der Waals surface area contributed by atoms with Crippen molar-refractivity contribution in [2.75, 3.05) is 20.4 Å². The van der Waals surface area contributed by atoms with Crippen LogP contribution in [-0.4, -0.2) is 37.2 Å². The van der Waals surface area contributed by atoms with Crippen molar-refractivity contribution >= 4 is 18.0 Å². The summed E-state index contributed by atoms with van der Waals surface area (Å²) in [5.74, 6) is 0.543. The highest BCUT2D eigenvalue weighted by Crippen LogP contribution is 2.35. The first-order chi connectivity index (χ1) is 14.1. The number of rotatable bonds is 5. The number of ether oxygens (including phenoxy) is 3. The molecular formula is C23H21NO5. The second-order valence-electron chi connectivity index (χ2n) is 6.82. The summed E-state index contributed by atoms with van der Waals surface area (Å²) >= 11 is 0. The molecule has 2 aromatic carbocycles. The maximum atomic E-state index is 13.2. The Hall–Kier alpha value is -3.54. The second kappa shape index (κ2) is 7.83. The van der Waals surface area contributed by atoms with Crippen LogP contribution in [0.2, 0.25) is 0 Å². The molecule has 1 amide bonds. The third kappa shape index (κ3) is 3.61. The van der Waals surface area contributed by atoms with Gasteiger partial charge in [0.15, 0.2) is 11.5 Å². The first-order valence-electron chi connectivity index (χ1n) is 9.35. The van der Waals surface area contributed by atoms with E-state index in [1.807, 2.05) is 36.4 Å². The lowest BCUT2D eigenvalue weighted by Crippen LogP contribution is -2.27. The summed E-state index contributed by atoms with van der Waals surface area (Å²) in [6.45, 7) is 2.43. The van der Waals surface area contributed by atoms with Gasteiger partial charge in [0.2, 0.25) is 6.79 Å². The van der Waals surface area contributed by atoms with Crippen LogP contribution in [-0.2, 0) is 20.7 Å². The quantitative estimate of drug-likeness (QED) is 0.578. The summed E-state index contributed by atoms with van der Waals surface area (Å²) in [7, 11) is 1.32. The molecule has 2 aromatic rings. The number of esters is 1. The summed E-state index contributed by atoms with van der Waals surface area (Å²) in [6.07, 6.45) is 2.39. The van der Waals surface area contributed by atoms with E-state index in [1.165, 1.54) is 7.11 Å². The van der Waals surface area contributed by atoms with Gasteiger partial charge in [-0.2, -0.15) is 0 Å². The summed E-state index contributed by atoms with van der Waals surface area (Å²) in [6, 6.07) is 15.3. The van der Waals surface area contributed by atoms with Crippen LogP contribution >= 0.6 is 0 Å². The van der Waals surface area contributed by atoms with E-state index in [-0.39, 0.29) is 12.7 Å². The summed E-state index contributed by atoms with van der Waals surface area (Å²) in [5.41, 5.74) is 3.09. The highest BCUT2D eigenvalue weighted by atomic mass is 16.7. The van der Waals surface area contributed by atoms with Crippen LogP contribution < -0.4 is 9.47 Å². The van der Waals surface area contributed by atoms with Gasteiger partial charge in [-0.1, -0.05) is 36.4 Å². The molecule has 0 aliphatic carbocycles. The fraction of sp³-hybridized carbons (Fsp3) is 0.217. The number of amides is 1. The summed E-state index contributed by atoms with van der Waals surface area (Å²) in [4.78, 5) is 27.2. The van der Waals surface area contributed by atoms with Gasteiger partial charge < -0.3 is 19.1 Å². The van der Waals surface area contributed by atoms with Crippen LogP contribution in [0.4, 0.5) is 0 Å².